The molecule has 2 atom stereocenters. The predicted molar refractivity (Wildman–Crippen MR) is 205 cm³/mol. The largest absolute Gasteiger partial charge is 0.465 e. The molecule has 0 aliphatic carbocycles. The van der Waals surface area contributed by atoms with Gasteiger partial charge in [0.1, 0.15) is 17.4 Å². The first-order chi connectivity index (χ1) is 24.7. The molecule has 1 aromatic heterocycles. The molecule has 5 rings (SSSR count). The molecule has 0 bridgehead atoms. The fourth-order valence-corrected chi connectivity index (χ4v) is 11.4. The quantitative estimate of drug-likeness (QED) is 0.110. The maximum atomic E-state index is 15.7. The van der Waals surface area contributed by atoms with Crippen LogP contribution < -0.4 is 15.9 Å². The van der Waals surface area contributed by atoms with Crippen molar-refractivity contribution < 1.29 is 19.1 Å². The SMILES string of the molecule is CCC[C@H](Cc1nnc(-c2ccccc2)o1)N(C(=O)O)[C@H](C(=O)C(C#N)=P(c1ccccc1)(c1ccccc1)c1ccccc1)C(C)(C)CCC. The van der Waals surface area contributed by atoms with Crippen molar-refractivity contribution in [3.8, 4) is 17.5 Å². The van der Waals surface area contributed by atoms with Gasteiger partial charge in [0.15, 0.2) is 5.78 Å². The van der Waals surface area contributed by atoms with Crippen LogP contribution in [0.4, 0.5) is 4.79 Å². The number of nitrogens with zero attached hydrogens (tertiary/aromatic N) is 4. The highest BCUT2D eigenvalue weighted by Crippen LogP contribution is 2.47. The molecule has 0 fully saturated rings. The summed E-state index contributed by atoms with van der Waals surface area (Å²) in [5, 5.41) is 33.5. The van der Waals surface area contributed by atoms with Crippen molar-refractivity contribution >= 4 is 40.0 Å². The molecule has 0 aliphatic heterocycles. The van der Waals surface area contributed by atoms with Gasteiger partial charge in [-0.15, -0.1) is 10.2 Å². The predicted octanol–water partition coefficient (Wildman–Crippen LogP) is 7.88. The van der Waals surface area contributed by atoms with Gasteiger partial charge in [0, 0.05) is 18.0 Å². The summed E-state index contributed by atoms with van der Waals surface area (Å²) in [6, 6.07) is 39.0. The Morgan fingerprint density at radius 2 is 1.29 bits per heavy atom. The minimum Gasteiger partial charge on any atom is -0.465 e. The molecule has 0 saturated heterocycles. The van der Waals surface area contributed by atoms with Crippen LogP contribution in [-0.4, -0.2) is 49.5 Å². The number of benzene rings is 4. The number of ketones is 1. The van der Waals surface area contributed by atoms with Gasteiger partial charge < -0.3 is 9.52 Å². The highest BCUT2D eigenvalue weighted by atomic mass is 31.2. The van der Waals surface area contributed by atoms with E-state index in [-0.39, 0.29) is 17.6 Å². The molecule has 51 heavy (non-hydrogen) atoms. The first-order valence-corrected chi connectivity index (χ1v) is 19.2. The minimum absolute atomic E-state index is 0.0610. The summed E-state index contributed by atoms with van der Waals surface area (Å²) in [5.41, 5.74) is -0.0888. The third kappa shape index (κ3) is 7.75. The van der Waals surface area contributed by atoms with Gasteiger partial charge in [-0.25, -0.2) is 4.79 Å². The molecule has 0 unspecified atom stereocenters. The van der Waals surface area contributed by atoms with Crippen LogP contribution in [0, 0.1) is 16.7 Å². The molecule has 1 heterocycles. The lowest BCUT2D eigenvalue weighted by atomic mass is 9.76. The number of carbonyl (C=O) groups excluding carboxylic acids is 1. The van der Waals surface area contributed by atoms with Gasteiger partial charge in [-0.2, -0.15) is 5.26 Å². The summed E-state index contributed by atoms with van der Waals surface area (Å²) in [5.74, 6) is 0.131. The average molecular weight is 701 g/mol. The summed E-state index contributed by atoms with van der Waals surface area (Å²) >= 11 is 0. The number of carboxylic acid groups (broad SMARTS) is 1. The summed E-state index contributed by atoms with van der Waals surface area (Å²) in [6.45, 7) is 4.73. The topological polar surface area (TPSA) is 120 Å². The lowest BCUT2D eigenvalue weighted by molar-refractivity contribution is -0.122. The second kappa shape index (κ2) is 16.6. The van der Waals surface area contributed by atoms with Crippen molar-refractivity contribution in [1.82, 2.24) is 15.1 Å². The average Bonchev–Trinajstić information content (AvgIpc) is 3.62. The van der Waals surface area contributed by atoms with Gasteiger partial charge in [-0.05, 0) is 53.2 Å². The number of hydrogen-bond acceptors (Lipinski definition) is 6. The molecule has 5 aromatic rings. The van der Waals surface area contributed by atoms with Crippen LogP contribution in [0.25, 0.3) is 11.5 Å². The summed E-state index contributed by atoms with van der Waals surface area (Å²) in [7, 11) is 0. The van der Waals surface area contributed by atoms with E-state index in [4.69, 9.17) is 4.42 Å². The molecule has 0 spiro atoms. The van der Waals surface area contributed by atoms with Gasteiger partial charge in [0.25, 0.3) is 0 Å². The van der Waals surface area contributed by atoms with Crippen LogP contribution >= 0.6 is 6.89 Å². The van der Waals surface area contributed by atoms with Gasteiger partial charge >= 0.3 is 6.09 Å². The van der Waals surface area contributed by atoms with E-state index in [0.29, 0.717) is 31.6 Å². The monoisotopic (exact) mass is 700 g/mol. The Morgan fingerprint density at radius 1 is 0.804 bits per heavy atom. The molecule has 0 aliphatic rings. The van der Waals surface area contributed by atoms with Crippen LogP contribution in [0.15, 0.2) is 126 Å². The van der Waals surface area contributed by atoms with E-state index >= 15 is 4.79 Å². The maximum Gasteiger partial charge on any atom is 0.408 e. The molecular weight excluding hydrogens is 655 g/mol. The molecule has 4 aromatic carbocycles. The smallest absolute Gasteiger partial charge is 0.408 e. The van der Waals surface area contributed by atoms with E-state index in [1.165, 1.54) is 4.90 Å². The molecule has 1 amide bonds. The fraction of sp³-hybridized carbons (Fsp3) is 0.286. The standard InChI is InChI=1S/C42H45N4O4P/c1-5-19-32(29-37-44-45-40(50-37)31-20-11-7-12-21-31)46(41(48)49)39(42(3,4)28-6-2)38(47)36(30-43)51(33-22-13-8-14-23-33,34-24-15-9-16-25-34)35-26-17-10-18-27-35/h7-18,20-27,32,39H,5-6,19,28-29H2,1-4H3,(H,48,49)/t32-,39-/m1/s1. The van der Waals surface area contributed by atoms with Crippen LogP contribution in [-0.2, 0) is 11.2 Å². The normalized spacial score (nSPS) is 12.8. The number of rotatable bonds is 15. The molecule has 262 valence electrons. The van der Waals surface area contributed by atoms with Crippen molar-refractivity contribution in [1.29, 1.82) is 5.26 Å². The third-order valence-electron chi connectivity index (χ3n) is 9.40. The number of amides is 1. The van der Waals surface area contributed by atoms with Crippen molar-refractivity contribution in [3.63, 3.8) is 0 Å². The molecule has 0 saturated carbocycles. The maximum absolute atomic E-state index is 15.7. The number of Topliss-reactive ketones (excluding diaryl/α,β-unsaturated/α-hetero) is 1. The molecular formula is C42H45N4O4P. The highest BCUT2D eigenvalue weighted by Gasteiger charge is 2.48. The van der Waals surface area contributed by atoms with Gasteiger partial charge in [0.05, 0.1) is 0 Å². The van der Waals surface area contributed by atoms with E-state index in [0.717, 1.165) is 21.5 Å². The van der Waals surface area contributed by atoms with E-state index in [2.05, 4.69) is 16.3 Å². The summed E-state index contributed by atoms with van der Waals surface area (Å²) in [4.78, 5) is 30.6. The fourth-order valence-electron chi connectivity index (χ4n) is 7.24. The number of hydrogen-bond donors (Lipinski definition) is 1. The number of aromatic nitrogens is 2. The second-order valence-electron chi connectivity index (χ2n) is 13.3. The lowest BCUT2D eigenvalue weighted by Crippen LogP contribution is -2.59. The Kier molecular flexibility index (Phi) is 12.1. The zero-order chi connectivity index (χ0) is 36.4. The van der Waals surface area contributed by atoms with E-state index in [1.54, 1.807) is 0 Å². The second-order valence-corrected chi connectivity index (χ2v) is 16.7. The summed E-state index contributed by atoms with van der Waals surface area (Å²) in [6.07, 6.45) is 1.23. The molecule has 0 radical (unpaired) electrons. The lowest BCUT2D eigenvalue weighted by Gasteiger charge is -2.44. The van der Waals surface area contributed by atoms with Crippen LogP contribution in [0.1, 0.15) is 59.3 Å². The van der Waals surface area contributed by atoms with Gasteiger partial charge in [0.2, 0.25) is 11.8 Å². The number of nitriles is 1. The Morgan fingerprint density at radius 3 is 1.73 bits per heavy atom. The van der Waals surface area contributed by atoms with Gasteiger partial charge in [-0.1, -0.05) is 150 Å². The molecule has 8 nitrogen and oxygen atoms in total. The van der Waals surface area contributed by atoms with E-state index in [1.807, 2.05) is 149 Å². The first kappa shape index (κ1) is 37.0. The highest BCUT2D eigenvalue weighted by molar-refractivity contribution is 7.97. The van der Waals surface area contributed by atoms with Crippen LogP contribution in [0.3, 0.4) is 0 Å². The number of carbonyl (C=O) groups is 2. The minimum atomic E-state index is -3.13. The van der Waals surface area contributed by atoms with Crippen LogP contribution in [0.5, 0.6) is 0 Å². The third-order valence-corrected chi connectivity index (χ3v) is 13.6. The summed E-state index contributed by atoms with van der Waals surface area (Å²) < 4.78 is 6.07. The van der Waals surface area contributed by atoms with E-state index < -0.39 is 36.3 Å². The molecule has 9 heteroatoms. The Labute approximate surface area is 300 Å². The zero-order valence-electron chi connectivity index (χ0n) is 29.6. The Hall–Kier alpha value is -5.25. The van der Waals surface area contributed by atoms with Crippen LogP contribution in [0.2, 0.25) is 0 Å². The Bertz CT molecular complexity index is 1900. The van der Waals surface area contributed by atoms with Crippen molar-refractivity contribution in [3.05, 3.63) is 127 Å². The van der Waals surface area contributed by atoms with E-state index in [9.17, 15) is 15.2 Å². The van der Waals surface area contributed by atoms with Crippen molar-refractivity contribution in [2.45, 2.75) is 71.9 Å². The van der Waals surface area contributed by atoms with Gasteiger partial charge in [-0.3, -0.25) is 9.69 Å². The van der Waals surface area contributed by atoms with Crippen molar-refractivity contribution in [2.75, 3.05) is 0 Å². The van der Waals surface area contributed by atoms with Crippen molar-refractivity contribution in [2.24, 2.45) is 5.41 Å². The zero-order valence-corrected chi connectivity index (χ0v) is 30.5. The molecule has 1 N–H and O–H groups in total. The Balaban J connectivity index is 1.77. The first-order valence-electron chi connectivity index (χ1n) is 17.5.